The summed E-state index contributed by atoms with van der Waals surface area (Å²) >= 11 is 0. The number of aryl methyl sites for hydroxylation is 1. The van der Waals surface area contributed by atoms with Gasteiger partial charge in [0.1, 0.15) is 5.69 Å². The Kier molecular flexibility index (Phi) is 7.50. The second kappa shape index (κ2) is 10.1. The summed E-state index contributed by atoms with van der Waals surface area (Å²) in [6, 6.07) is 9.93. The van der Waals surface area contributed by atoms with Crippen LogP contribution in [0.2, 0.25) is 0 Å². The first kappa shape index (κ1) is 23.0. The van der Waals surface area contributed by atoms with Crippen molar-refractivity contribution >= 4 is 22.0 Å². The topological polar surface area (TPSA) is 95.8 Å². The number of hydrogen-bond donors (Lipinski definition) is 1. The van der Waals surface area contributed by atoms with Gasteiger partial charge in [0.25, 0.3) is 0 Å². The number of amides is 1. The molecule has 0 bridgehead atoms. The van der Waals surface area contributed by atoms with Gasteiger partial charge >= 0.3 is 0 Å². The van der Waals surface area contributed by atoms with Crippen LogP contribution in [0.15, 0.2) is 46.0 Å². The largest absolute Gasteiger partial charge is 0.383 e. The quantitative estimate of drug-likeness (QED) is 0.668. The van der Waals surface area contributed by atoms with Crippen LogP contribution in [0.25, 0.3) is 6.08 Å². The fourth-order valence-corrected chi connectivity index (χ4v) is 5.41. The van der Waals surface area contributed by atoms with Crippen molar-refractivity contribution in [2.75, 3.05) is 33.7 Å². The molecule has 1 N–H and O–H groups in total. The van der Waals surface area contributed by atoms with E-state index in [1.165, 1.54) is 4.31 Å². The van der Waals surface area contributed by atoms with E-state index in [-0.39, 0.29) is 29.0 Å². The van der Waals surface area contributed by atoms with Crippen LogP contribution in [-0.4, -0.2) is 62.4 Å². The van der Waals surface area contributed by atoms with Crippen molar-refractivity contribution in [1.82, 2.24) is 19.7 Å². The molecule has 0 radical (unpaired) electrons. The van der Waals surface area contributed by atoms with Gasteiger partial charge in [-0.3, -0.25) is 4.79 Å². The van der Waals surface area contributed by atoms with Gasteiger partial charge in [-0.2, -0.15) is 4.31 Å². The summed E-state index contributed by atoms with van der Waals surface area (Å²) in [5.41, 5.74) is 1.46. The van der Waals surface area contributed by atoms with Gasteiger partial charge in [-0.15, -0.1) is 0 Å². The van der Waals surface area contributed by atoms with Gasteiger partial charge in [0.15, 0.2) is 10.7 Å². The minimum atomic E-state index is -3.83. The normalized spacial score (nSPS) is 17.7. The predicted molar refractivity (Wildman–Crippen MR) is 119 cm³/mol. The molecule has 1 amide bonds. The van der Waals surface area contributed by atoms with Crippen LogP contribution >= 0.6 is 0 Å². The van der Waals surface area contributed by atoms with Gasteiger partial charge in [0.2, 0.25) is 15.9 Å². The van der Waals surface area contributed by atoms with Crippen LogP contribution < -0.4 is 5.32 Å². The summed E-state index contributed by atoms with van der Waals surface area (Å²) in [5.74, 6) is -0.286. The Labute approximate surface area is 183 Å². The molecule has 1 aromatic heterocycles. The van der Waals surface area contributed by atoms with Crippen molar-refractivity contribution < 1.29 is 17.7 Å². The Bertz CT molecular complexity index is 1020. The highest BCUT2D eigenvalue weighted by Crippen LogP contribution is 2.29. The molecule has 0 aliphatic carbocycles. The molecule has 1 atom stereocenters. The molecule has 1 aliphatic heterocycles. The highest BCUT2D eigenvalue weighted by atomic mass is 32.2. The summed E-state index contributed by atoms with van der Waals surface area (Å²) in [5, 5.41) is 6.80. The van der Waals surface area contributed by atoms with E-state index in [4.69, 9.17) is 4.52 Å². The number of sulfonamides is 1. The van der Waals surface area contributed by atoms with E-state index in [9.17, 15) is 13.2 Å². The maximum atomic E-state index is 13.3. The van der Waals surface area contributed by atoms with Crippen molar-refractivity contribution in [3.8, 4) is 0 Å². The second-order valence-corrected chi connectivity index (χ2v) is 9.84. The van der Waals surface area contributed by atoms with E-state index >= 15 is 0 Å². The first-order valence-electron chi connectivity index (χ1n) is 10.4. The molecule has 0 spiro atoms. The average molecular weight is 447 g/mol. The summed E-state index contributed by atoms with van der Waals surface area (Å²) in [4.78, 5) is 14.5. The molecule has 0 saturated carbocycles. The first-order chi connectivity index (χ1) is 14.8. The van der Waals surface area contributed by atoms with Crippen molar-refractivity contribution in [3.63, 3.8) is 0 Å². The Morgan fingerprint density at radius 2 is 2.06 bits per heavy atom. The molecule has 9 heteroatoms. The third-order valence-corrected chi connectivity index (χ3v) is 7.29. The lowest BCUT2D eigenvalue weighted by atomic mass is 9.99. The Morgan fingerprint density at radius 1 is 1.32 bits per heavy atom. The zero-order valence-electron chi connectivity index (χ0n) is 18.2. The summed E-state index contributed by atoms with van der Waals surface area (Å²) in [6.07, 6.45) is 5.33. The van der Waals surface area contributed by atoms with Gasteiger partial charge in [-0.05, 0) is 31.7 Å². The monoisotopic (exact) mass is 446 g/mol. The Morgan fingerprint density at radius 3 is 2.77 bits per heavy atom. The van der Waals surface area contributed by atoms with Crippen molar-refractivity contribution in [2.24, 2.45) is 5.92 Å². The van der Waals surface area contributed by atoms with Gasteiger partial charge in [-0.1, -0.05) is 35.5 Å². The molecule has 1 aromatic carbocycles. The number of benzene rings is 1. The zero-order chi connectivity index (χ0) is 22.4. The summed E-state index contributed by atoms with van der Waals surface area (Å²) < 4.78 is 33.3. The van der Waals surface area contributed by atoms with Crippen LogP contribution in [0.3, 0.4) is 0 Å². The first-order valence-corrected chi connectivity index (χ1v) is 11.9. The highest BCUT2D eigenvalue weighted by molar-refractivity contribution is 7.89. The van der Waals surface area contributed by atoms with Crippen LogP contribution in [0.1, 0.15) is 29.9 Å². The smallest absolute Gasteiger partial charge is 0.248 e. The number of piperidine rings is 1. The maximum absolute atomic E-state index is 13.3. The van der Waals surface area contributed by atoms with E-state index < -0.39 is 10.0 Å². The molecule has 168 valence electrons. The molecule has 31 heavy (non-hydrogen) atoms. The van der Waals surface area contributed by atoms with Crippen molar-refractivity contribution in [3.05, 3.63) is 53.5 Å². The fraction of sp³-hybridized carbons (Fsp3) is 0.455. The molecule has 8 nitrogen and oxygen atoms in total. The summed E-state index contributed by atoms with van der Waals surface area (Å²) in [6.45, 7) is 2.66. The molecule has 1 fully saturated rings. The molecule has 1 saturated heterocycles. The standard InChI is InChI=1S/C22H30N4O4S/c1-17-21(20(30-24-17)12-15-25(2)3)31(28,29)26-14-7-10-19(16-26)22(27)23-13-11-18-8-5-4-6-9-18/h4-6,8-9,12,15,19H,7,10-11,13-14,16H2,1-3H3,(H,23,27)/b15-12+/t19-/m0/s1. The van der Waals surface area contributed by atoms with Gasteiger partial charge in [0, 0.05) is 46.0 Å². The minimum Gasteiger partial charge on any atom is -0.383 e. The molecule has 2 heterocycles. The Hall–Kier alpha value is -2.65. The number of hydrogen-bond acceptors (Lipinski definition) is 6. The molecular weight excluding hydrogens is 416 g/mol. The van der Waals surface area contributed by atoms with E-state index in [0.717, 1.165) is 12.0 Å². The van der Waals surface area contributed by atoms with Crippen LogP contribution in [-0.2, 0) is 21.2 Å². The number of aromatic nitrogens is 1. The number of carbonyl (C=O) groups excluding carboxylic acids is 1. The lowest BCUT2D eigenvalue weighted by molar-refractivity contribution is -0.126. The maximum Gasteiger partial charge on any atom is 0.248 e. The average Bonchev–Trinajstić information content (AvgIpc) is 3.14. The van der Waals surface area contributed by atoms with Crippen molar-refractivity contribution in [1.29, 1.82) is 0 Å². The zero-order valence-corrected chi connectivity index (χ0v) is 19.1. The number of rotatable bonds is 8. The van der Waals surface area contributed by atoms with Gasteiger partial charge in [0.05, 0.1) is 5.92 Å². The molecular formula is C22H30N4O4S. The van der Waals surface area contributed by atoms with E-state index in [2.05, 4.69) is 10.5 Å². The van der Waals surface area contributed by atoms with Crippen molar-refractivity contribution in [2.45, 2.75) is 31.1 Å². The highest BCUT2D eigenvalue weighted by Gasteiger charge is 2.36. The molecule has 1 aliphatic rings. The Balaban J connectivity index is 1.67. The molecule has 3 rings (SSSR count). The van der Waals surface area contributed by atoms with Crippen LogP contribution in [0.4, 0.5) is 0 Å². The number of nitrogens with one attached hydrogen (secondary N) is 1. The SMILES string of the molecule is Cc1noc(/C=C/N(C)C)c1S(=O)(=O)N1CCC[C@H](C(=O)NCCc2ccccc2)C1. The van der Waals surface area contributed by atoms with Crippen LogP contribution in [0.5, 0.6) is 0 Å². The lowest BCUT2D eigenvalue weighted by Gasteiger charge is -2.31. The van der Waals surface area contributed by atoms with Gasteiger partial charge < -0.3 is 14.7 Å². The van der Waals surface area contributed by atoms with E-state index in [1.807, 2.05) is 44.4 Å². The second-order valence-electron chi connectivity index (χ2n) is 7.97. The van der Waals surface area contributed by atoms with E-state index in [0.29, 0.717) is 31.6 Å². The molecule has 2 aromatic rings. The molecule has 0 unspecified atom stereocenters. The predicted octanol–water partition coefficient (Wildman–Crippen LogP) is 2.27. The minimum absolute atomic E-state index is 0.0655. The number of nitrogens with zero attached hydrogens (tertiary/aromatic N) is 3. The number of carbonyl (C=O) groups is 1. The summed E-state index contributed by atoms with van der Waals surface area (Å²) in [7, 11) is -0.165. The van der Waals surface area contributed by atoms with Crippen LogP contribution in [0, 0.1) is 12.8 Å². The van der Waals surface area contributed by atoms with Gasteiger partial charge in [-0.25, -0.2) is 8.42 Å². The van der Waals surface area contributed by atoms with E-state index in [1.54, 1.807) is 24.1 Å². The third kappa shape index (κ3) is 5.74. The lowest BCUT2D eigenvalue weighted by Crippen LogP contribution is -2.45. The third-order valence-electron chi connectivity index (χ3n) is 5.27. The fourth-order valence-electron chi connectivity index (χ4n) is 3.64.